The molecule has 2 rings (SSSR count). The van der Waals surface area contributed by atoms with E-state index in [1.165, 1.54) is 21.1 Å². The van der Waals surface area contributed by atoms with E-state index < -0.39 is 36.0 Å². The maximum absolute atomic E-state index is 12.5. The van der Waals surface area contributed by atoms with Crippen LogP contribution in [0.3, 0.4) is 0 Å². The minimum absolute atomic E-state index is 0.00348. The van der Waals surface area contributed by atoms with Crippen LogP contribution < -0.4 is 0 Å². The molecule has 1 aliphatic heterocycles. The monoisotopic (exact) mass is 357 g/mol. The van der Waals surface area contributed by atoms with Crippen LogP contribution in [0, 0.1) is 0 Å². The van der Waals surface area contributed by atoms with Gasteiger partial charge in [-0.15, -0.1) is 11.3 Å². The van der Waals surface area contributed by atoms with Crippen molar-refractivity contribution in [1.29, 1.82) is 0 Å². The van der Waals surface area contributed by atoms with Gasteiger partial charge in [-0.05, 0) is 27.7 Å². The highest BCUT2D eigenvalue weighted by molar-refractivity contribution is 7.09. The number of carboxylic acid groups (broad SMARTS) is 1. The standard InChI is InChI=1S/C15H23N3O5S/c1-9-7-18(14(22)23-15(2,3)4)10(8-17(9)13(20)21)11(19)12-16-5-6-24-12/h5-6,9-11,19H,7-8H2,1-4H3,(H,20,21)/t9-,10-,11?/m1/s1. The van der Waals surface area contributed by atoms with Crippen molar-refractivity contribution in [2.45, 2.75) is 51.5 Å². The maximum atomic E-state index is 12.5. The number of piperazine rings is 1. The van der Waals surface area contributed by atoms with Gasteiger partial charge in [0.2, 0.25) is 0 Å². The van der Waals surface area contributed by atoms with Crippen molar-refractivity contribution >= 4 is 23.5 Å². The molecule has 24 heavy (non-hydrogen) atoms. The number of hydrogen-bond donors (Lipinski definition) is 2. The number of rotatable bonds is 2. The van der Waals surface area contributed by atoms with E-state index in [0.717, 1.165) is 0 Å². The Morgan fingerprint density at radius 3 is 2.54 bits per heavy atom. The van der Waals surface area contributed by atoms with E-state index in [0.29, 0.717) is 5.01 Å². The smallest absolute Gasteiger partial charge is 0.410 e. The molecule has 0 spiro atoms. The van der Waals surface area contributed by atoms with Gasteiger partial charge in [-0.3, -0.25) is 4.90 Å². The van der Waals surface area contributed by atoms with Crippen molar-refractivity contribution < 1.29 is 24.5 Å². The number of hydrogen-bond acceptors (Lipinski definition) is 6. The summed E-state index contributed by atoms with van der Waals surface area (Å²) in [6.07, 6.45) is -1.17. The Kier molecular flexibility index (Phi) is 5.34. The predicted octanol–water partition coefficient (Wildman–Crippen LogP) is 2.16. The van der Waals surface area contributed by atoms with Crippen LogP contribution in [0.4, 0.5) is 9.59 Å². The van der Waals surface area contributed by atoms with Crippen LogP contribution in [0.25, 0.3) is 0 Å². The van der Waals surface area contributed by atoms with Gasteiger partial charge in [0.1, 0.15) is 16.7 Å². The fourth-order valence-electron chi connectivity index (χ4n) is 2.61. The van der Waals surface area contributed by atoms with Crippen molar-refractivity contribution in [2.24, 2.45) is 0 Å². The van der Waals surface area contributed by atoms with Gasteiger partial charge in [0, 0.05) is 24.7 Å². The average molecular weight is 357 g/mol. The van der Waals surface area contributed by atoms with Crippen molar-refractivity contribution in [1.82, 2.24) is 14.8 Å². The second-order valence-electron chi connectivity index (χ2n) is 6.80. The van der Waals surface area contributed by atoms with Crippen LogP contribution in [-0.4, -0.2) is 68.0 Å². The third kappa shape index (κ3) is 4.15. The number of thiazole rings is 1. The third-order valence-electron chi connectivity index (χ3n) is 3.72. The van der Waals surface area contributed by atoms with Crippen LogP contribution in [0.1, 0.15) is 38.8 Å². The zero-order chi connectivity index (χ0) is 18.1. The van der Waals surface area contributed by atoms with E-state index in [2.05, 4.69) is 4.98 Å². The Hall–Kier alpha value is -1.87. The summed E-state index contributed by atoms with van der Waals surface area (Å²) in [5.74, 6) is 0. The molecule has 1 aromatic rings. The van der Waals surface area contributed by atoms with Crippen LogP contribution in [0.15, 0.2) is 11.6 Å². The molecule has 1 saturated heterocycles. The van der Waals surface area contributed by atoms with Gasteiger partial charge in [0.05, 0.1) is 12.1 Å². The molecule has 0 bridgehead atoms. The SMILES string of the molecule is C[C@@H]1CN(C(=O)OC(C)(C)C)[C@@H](C(O)c2nccs2)CN1C(=O)O. The van der Waals surface area contributed by atoms with Gasteiger partial charge in [-0.1, -0.05) is 0 Å². The molecule has 2 heterocycles. The van der Waals surface area contributed by atoms with E-state index in [4.69, 9.17) is 4.74 Å². The first-order chi connectivity index (χ1) is 11.1. The number of amides is 2. The molecule has 3 atom stereocenters. The summed E-state index contributed by atoms with van der Waals surface area (Å²) in [7, 11) is 0. The molecule has 0 saturated carbocycles. The van der Waals surface area contributed by atoms with Crippen LogP contribution in [0.5, 0.6) is 0 Å². The van der Waals surface area contributed by atoms with E-state index in [-0.39, 0.29) is 13.1 Å². The van der Waals surface area contributed by atoms with Crippen molar-refractivity contribution in [3.05, 3.63) is 16.6 Å². The molecule has 1 fully saturated rings. The summed E-state index contributed by atoms with van der Waals surface area (Å²) in [5.41, 5.74) is -0.680. The lowest BCUT2D eigenvalue weighted by molar-refractivity contribution is -0.0416. The highest BCUT2D eigenvalue weighted by Crippen LogP contribution is 2.29. The fraction of sp³-hybridized carbons (Fsp3) is 0.667. The van der Waals surface area contributed by atoms with Gasteiger partial charge in [-0.2, -0.15) is 0 Å². The summed E-state index contributed by atoms with van der Waals surface area (Å²) >= 11 is 1.26. The van der Waals surface area contributed by atoms with Crippen molar-refractivity contribution in [3.8, 4) is 0 Å². The van der Waals surface area contributed by atoms with Crippen LogP contribution >= 0.6 is 11.3 Å². The lowest BCUT2D eigenvalue weighted by atomic mass is 10.0. The van der Waals surface area contributed by atoms with Crippen molar-refractivity contribution in [2.75, 3.05) is 13.1 Å². The zero-order valence-corrected chi connectivity index (χ0v) is 15.0. The molecule has 2 amide bonds. The van der Waals surface area contributed by atoms with Gasteiger partial charge in [0.25, 0.3) is 0 Å². The summed E-state index contributed by atoms with van der Waals surface area (Å²) in [6, 6.07) is -1.15. The number of carbonyl (C=O) groups is 2. The number of ether oxygens (including phenoxy) is 1. The predicted molar refractivity (Wildman–Crippen MR) is 88.0 cm³/mol. The Bertz CT molecular complexity index is 586. The Labute approximate surface area is 144 Å². The molecule has 9 heteroatoms. The first-order valence-corrected chi connectivity index (χ1v) is 8.54. The van der Waals surface area contributed by atoms with E-state index >= 15 is 0 Å². The largest absolute Gasteiger partial charge is 0.465 e. The Balaban J connectivity index is 2.27. The minimum atomic E-state index is -1.08. The van der Waals surface area contributed by atoms with Crippen molar-refractivity contribution in [3.63, 3.8) is 0 Å². The summed E-state index contributed by atoms with van der Waals surface area (Å²) in [4.78, 5) is 30.7. The van der Waals surface area contributed by atoms with E-state index in [1.807, 2.05) is 0 Å². The lowest BCUT2D eigenvalue weighted by Crippen LogP contribution is -2.62. The van der Waals surface area contributed by atoms with E-state index in [9.17, 15) is 19.8 Å². The Morgan fingerprint density at radius 1 is 1.38 bits per heavy atom. The molecule has 1 aliphatic rings. The summed E-state index contributed by atoms with van der Waals surface area (Å²) < 4.78 is 5.41. The molecule has 0 aromatic carbocycles. The molecule has 0 radical (unpaired) electrons. The number of nitrogens with zero attached hydrogens (tertiary/aromatic N) is 3. The normalized spacial score (nSPS) is 23.0. The second-order valence-corrected chi connectivity index (χ2v) is 7.73. The summed E-state index contributed by atoms with van der Waals surface area (Å²) in [6.45, 7) is 7.14. The maximum Gasteiger partial charge on any atom is 0.410 e. The molecular weight excluding hydrogens is 334 g/mol. The van der Waals surface area contributed by atoms with Gasteiger partial charge >= 0.3 is 12.2 Å². The Morgan fingerprint density at radius 2 is 2.04 bits per heavy atom. The van der Waals surface area contributed by atoms with Crippen LogP contribution in [0.2, 0.25) is 0 Å². The second kappa shape index (κ2) is 6.94. The molecule has 0 aliphatic carbocycles. The summed E-state index contributed by atoms with van der Waals surface area (Å²) in [5, 5.41) is 22.1. The highest BCUT2D eigenvalue weighted by Gasteiger charge is 2.42. The van der Waals surface area contributed by atoms with Crippen LogP contribution in [-0.2, 0) is 4.74 Å². The average Bonchev–Trinajstić information content (AvgIpc) is 2.98. The molecule has 8 nitrogen and oxygen atoms in total. The minimum Gasteiger partial charge on any atom is -0.465 e. The molecule has 2 N–H and O–H groups in total. The topological polar surface area (TPSA) is 103 Å². The fourth-order valence-corrected chi connectivity index (χ4v) is 3.29. The van der Waals surface area contributed by atoms with E-state index in [1.54, 1.807) is 39.3 Å². The third-order valence-corrected chi connectivity index (χ3v) is 4.57. The number of aromatic nitrogens is 1. The highest BCUT2D eigenvalue weighted by atomic mass is 32.1. The van der Waals surface area contributed by atoms with Gasteiger partial charge in [-0.25, -0.2) is 14.6 Å². The zero-order valence-electron chi connectivity index (χ0n) is 14.2. The molecule has 1 aromatic heterocycles. The first kappa shape index (κ1) is 18.5. The van der Waals surface area contributed by atoms with Gasteiger partial charge < -0.3 is 19.8 Å². The lowest BCUT2D eigenvalue weighted by Gasteiger charge is -2.45. The quantitative estimate of drug-likeness (QED) is 0.841. The number of aliphatic hydroxyl groups is 1. The molecular formula is C15H23N3O5S. The number of aliphatic hydroxyl groups excluding tert-OH is 1. The number of carbonyl (C=O) groups excluding carboxylic acids is 1. The first-order valence-electron chi connectivity index (χ1n) is 7.67. The molecule has 1 unspecified atom stereocenters. The molecule has 134 valence electrons. The van der Waals surface area contributed by atoms with Gasteiger partial charge in [0.15, 0.2) is 0 Å².